The average molecular weight is 679 g/mol. The van der Waals surface area contributed by atoms with Gasteiger partial charge in [-0.1, -0.05) is 134 Å². The summed E-state index contributed by atoms with van der Waals surface area (Å²) in [5.74, 6) is 1.76. The van der Waals surface area contributed by atoms with E-state index in [1.54, 1.807) is 0 Å². The minimum atomic E-state index is -0.585. The first-order chi connectivity index (χ1) is 26.2. The Kier molecular flexibility index (Phi) is 6.24. The number of hydrogen-bond acceptors (Lipinski definition) is 1. The quantitative estimate of drug-likeness (QED) is 0.182. The van der Waals surface area contributed by atoms with Gasteiger partial charge < -0.3 is 13.9 Å². The molecule has 4 heterocycles. The summed E-state index contributed by atoms with van der Waals surface area (Å²) in [6.45, 7) is 6.17. The average Bonchev–Trinajstić information content (AvgIpc) is 3.72. The first-order valence-electron chi connectivity index (χ1n) is 18.3. The molecule has 0 amide bonds. The fourth-order valence-electron chi connectivity index (χ4n) is 9.46. The lowest BCUT2D eigenvalue weighted by atomic mass is 9.61. The summed E-state index contributed by atoms with van der Waals surface area (Å²) in [5, 5.41) is 6.02. The van der Waals surface area contributed by atoms with Crippen molar-refractivity contribution >= 4 is 44.9 Å². The molecule has 0 bridgehead atoms. The Morgan fingerprint density at radius 1 is 0.547 bits per heavy atom. The second-order valence-corrected chi connectivity index (χ2v) is 14.0. The molecule has 9 aromatic rings. The lowest BCUT2D eigenvalue weighted by Gasteiger charge is -2.45. The Labute approximate surface area is 307 Å². The number of para-hydroxylation sites is 5. The molecule has 250 valence electrons. The van der Waals surface area contributed by atoms with Gasteiger partial charge in [-0.2, -0.15) is 0 Å². The lowest BCUT2D eigenvalue weighted by Crippen LogP contribution is -2.37. The number of aromatic nitrogens is 2. The van der Waals surface area contributed by atoms with E-state index in [9.17, 15) is 0 Å². The van der Waals surface area contributed by atoms with Crippen LogP contribution in [0, 0.1) is 0 Å². The zero-order valence-corrected chi connectivity index (χ0v) is 29.3. The number of ether oxygens (including phenoxy) is 1. The summed E-state index contributed by atoms with van der Waals surface area (Å²) in [7, 11) is 0. The second kappa shape index (κ2) is 11.1. The Morgan fingerprint density at radius 2 is 1.23 bits per heavy atom. The molecule has 0 fully saturated rings. The monoisotopic (exact) mass is 678 g/mol. The third-order valence-electron chi connectivity index (χ3n) is 11.5. The molecule has 0 radical (unpaired) electrons. The van der Waals surface area contributed by atoms with Crippen LogP contribution in [0.3, 0.4) is 0 Å². The van der Waals surface area contributed by atoms with Gasteiger partial charge in [-0.15, -0.1) is 0 Å². The predicted molar refractivity (Wildman–Crippen MR) is 219 cm³/mol. The number of hydrogen-bond donors (Lipinski definition) is 0. The maximum atomic E-state index is 6.94. The van der Waals surface area contributed by atoms with Crippen molar-refractivity contribution in [2.24, 2.45) is 0 Å². The van der Waals surface area contributed by atoms with Gasteiger partial charge in [0.05, 0.1) is 27.7 Å². The summed E-state index contributed by atoms with van der Waals surface area (Å²) in [6.07, 6.45) is 6.20. The van der Waals surface area contributed by atoms with Crippen LogP contribution in [0.2, 0.25) is 0 Å². The van der Waals surface area contributed by atoms with E-state index in [4.69, 9.17) is 4.74 Å². The van der Waals surface area contributed by atoms with Crippen LogP contribution >= 0.6 is 0 Å². The molecule has 0 aliphatic carbocycles. The van der Waals surface area contributed by atoms with Crippen molar-refractivity contribution in [1.82, 2.24) is 9.13 Å². The van der Waals surface area contributed by atoms with Crippen molar-refractivity contribution in [3.63, 3.8) is 0 Å². The summed E-state index contributed by atoms with van der Waals surface area (Å²) in [4.78, 5) is 0. The Bertz CT molecular complexity index is 3130. The van der Waals surface area contributed by atoms with Gasteiger partial charge in [-0.25, -0.2) is 0 Å². The second-order valence-electron chi connectivity index (χ2n) is 14.0. The standard InChI is InChI=1S/C50H34N2O/c1-3-15-35-38-30-32(27-29-45(38)51(43(35)4-2)34-16-6-5-7-17-34)33-26-28-41-48(31-33)53-47-25-13-10-21-40(47)50(41)39-20-9-12-24-46(39)52-44-23-11-8-18-36(44)37-19-14-22-42(50)49(37)52/h3-31H,1H2,2H3/b35-15-,43-4+. The number of allylic oxidation sites excluding steroid dienone is 1. The van der Waals surface area contributed by atoms with Crippen molar-refractivity contribution in [2.45, 2.75) is 12.3 Å². The molecule has 2 aliphatic heterocycles. The van der Waals surface area contributed by atoms with Gasteiger partial charge in [0.1, 0.15) is 11.5 Å². The first-order valence-corrected chi connectivity index (χ1v) is 18.3. The van der Waals surface area contributed by atoms with Crippen molar-refractivity contribution in [3.8, 4) is 34.0 Å². The zero-order valence-electron chi connectivity index (χ0n) is 29.3. The zero-order chi connectivity index (χ0) is 35.3. The van der Waals surface area contributed by atoms with Crippen LogP contribution in [-0.4, -0.2) is 9.13 Å². The van der Waals surface area contributed by atoms with E-state index in [1.165, 1.54) is 44.0 Å². The normalized spacial score (nSPS) is 16.2. The third-order valence-corrected chi connectivity index (χ3v) is 11.5. The highest BCUT2D eigenvalue weighted by molar-refractivity contribution is 6.12. The van der Waals surface area contributed by atoms with Crippen molar-refractivity contribution in [2.75, 3.05) is 0 Å². The Hall–Kier alpha value is -6.84. The molecular weight excluding hydrogens is 645 g/mol. The van der Waals surface area contributed by atoms with Crippen LogP contribution in [-0.2, 0) is 5.41 Å². The summed E-state index contributed by atoms with van der Waals surface area (Å²) >= 11 is 0. The SMILES string of the molecule is C=C/C=c1\c(=C/C)n(-c2ccccc2)c2ccc(-c3ccc4c(c3)Oc3ccccc3C43c4ccccc4-n4c5ccccc5c5cccc3c54)cc12. The summed E-state index contributed by atoms with van der Waals surface area (Å²) < 4.78 is 11.8. The smallest absolute Gasteiger partial charge is 0.132 e. The van der Waals surface area contributed by atoms with Gasteiger partial charge in [0.25, 0.3) is 0 Å². The van der Waals surface area contributed by atoms with Crippen molar-refractivity contribution in [1.29, 1.82) is 0 Å². The van der Waals surface area contributed by atoms with Gasteiger partial charge in [-0.3, -0.25) is 0 Å². The van der Waals surface area contributed by atoms with Crippen LogP contribution in [0.1, 0.15) is 29.2 Å². The fraction of sp³-hybridized carbons (Fsp3) is 0.0400. The molecule has 11 rings (SSSR count). The molecule has 1 atom stereocenters. The molecule has 1 unspecified atom stereocenters. The van der Waals surface area contributed by atoms with Crippen molar-refractivity contribution in [3.05, 3.63) is 203 Å². The molecular formula is C50H34N2O. The Balaban J connectivity index is 1.19. The Morgan fingerprint density at radius 3 is 2.09 bits per heavy atom. The van der Waals surface area contributed by atoms with Gasteiger partial charge in [0, 0.05) is 43.5 Å². The highest BCUT2D eigenvalue weighted by Crippen LogP contribution is 2.60. The first kappa shape index (κ1) is 29.8. The van der Waals surface area contributed by atoms with Crippen LogP contribution in [0.4, 0.5) is 0 Å². The maximum Gasteiger partial charge on any atom is 0.132 e. The van der Waals surface area contributed by atoms with Gasteiger partial charge >= 0.3 is 0 Å². The summed E-state index contributed by atoms with van der Waals surface area (Å²) in [6, 6.07) is 57.4. The van der Waals surface area contributed by atoms with Crippen LogP contribution in [0.5, 0.6) is 11.5 Å². The summed E-state index contributed by atoms with van der Waals surface area (Å²) in [5.41, 5.74) is 12.5. The predicted octanol–water partition coefficient (Wildman–Crippen LogP) is 11.0. The topological polar surface area (TPSA) is 19.1 Å². The molecule has 3 nitrogen and oxygen atoms in total. The van der Waals surface area contributed by atoms with Crippen LogP contribution in [0.15, 0.2) is 170 Å². The fourth-order valence-corrected chi connectivity index (χ4v) is 9.46. The van der Waals surface area contributed by atoms with E-state index < -0.39 is 5.41 Å². The van der Waals surface area contributed by atoms with Crippen LogP contribution in [0.25, 0.3) is 67.4 Å². The van der Waals surface area contributed by atoms with E-state index in [2.05, 4.69) is 193 Å². The molecule has 0 saturated heterocycles. The molecule has 7 aromatic carbocycles. The molecule has 2 aliphatic rings. The molecule has 0 saturated carbocycles. The minimum absolute atomic E-state index is 0.585. The maximum absolute atomic E-state index is 6.94. The van der Waals surface area contributed by atoms with E-state index in [1.807, 2.05) is 6.08 Å². The van der Waals surface area contributed by atoms with Gasteiger partial charge in [0.15, 0.2) is 0 Å². The highest BCUT2D eigenvalue weighted by Gasteiger charge is 2.50. The number of benzene rings is 7. The van der Waals surface area contributed by atoms with E-state index in [0.29, 0.717) is 0 Å². The highest BCUT2D eigenvalue weighted by atomic mass is 16.5. The van der Waals surface area contributed by atoms with E-state index in [0.717, 1.165) is 55.5 Å². The van der Waals surface area contributed by atoms with E-state index >= 15 is 0 Å². The van der Waals surface area contributed by atoms with Crippen molar-refractivity contribution < 1.29 is 4.74 Å². The molecule has 3 heteroatoms. The van der Waals surface area contributed by atoms with Gasteiger partial charge in [0.2, 0.25) is 0 Å². The van der Waals surface area contributed by atoms with E-state index in [-0.39, 0.29) is 0 Å². The van der Waals surface area contributed by atoms with Crippen LogP contribution < -0.4 is 15.3 Å². The lowest BCUT2D eigenvalue weighted by molar-refractivity contribution is 0.434. The van der Waals surface area contributed by atoms with Gasteiger partial charge in [-0.05, 0) is 77.7 Å². The molecule has 1 spiro atoms. The largest absolute Gasteiger partial charge is 0.457 e. The number of rotatable bonds is 3. The molecule has 2 aromatic heterocycles. The number of fused-ring (bicyclic) bond motifs is 12. The number of nitrogens with zero attached hydrogens (tertiary/aromatic N) is 2. The molecule has 53 heavy (non-hydrogen) atoms. The minimum Gasteiger partial charge on any atom is -0.457 e. The molecule has 0 N–H and O–H groups in total. The third kappa shape index (κ3) is 3.88.